The molecule has 0 unspecified atom stereocenters. The fourth-order valence-electron chi connectivity index (χ4n) is 0.760. The maximum absolute atomic E-state index is 9.10. The molecule has 10 heteroatoms. The molecule has 0 amide bonds. The van der Waals surface area contributed by atoms with E-state index in [1.165, 1.54) is 0 Å². The van der Waals surface area contributed by atoms with Crippen molar-refractivity contribution < 1.29 is 29.5 Å². The van der Waals surface area contributed by atoms with Gasteiger partial charge in [0.05, 0.1) is 0 Å². The van der Waals surface area contributed by atoms with E-state index in [2.05, 4.69) is 27.7 Å². The summed E-state index contributed by atoms with van der Waals surface area (Å²) in [4.78, 5) is 18.2. The summed E-state index contributed by atoms with van der Waals surface area (Å²) >= 11 is -0.365. The summed E-state index contributed by atoms with van der Waals surface area (Å²) in [5.41, 5.74) is 0. The zero-order chi connectivity index (χ0) is 18.4. The maximum Gasteiger partial charge on any atom is -0.0369 e. The van der Waals surface area contributed by atoms with Crippen LogP contribution >= 0.6 is 7.60 Å². The van der Waals surface area contributed by atoms with Crippen molar-refractivity contribution in [1.29, 1.82) is 0 Å². The fraction of sp³-hybridized carbons (Fsp3) is 1.00. The first kappa shape index (κ1) is 28.8. The summed E-state index contributed by atoms with van der Waals surface area (Å²) in [5, 5.41) is 0. The van der Waals surface area contributed by atoms with Gasteiger partial charge in [-0.05, 0) is 6.66 Å². The van der Waals surface area contributed by atoms with Gasteiger partial charge in [-0.25, -0.2) is 0 Å². The van der Waals surface area contributed by atoms with Crippen LogP contribution in [0.5, 0.6) is 0 Å². The quantitative estimate of drug-likeness (QED) is 0.284. The summed E-state index contributed by atoms with van der Waals surface area (Å²) in [5.74, 6) is 0. The average Bonchev–Trinajstić information content (AvgIpc) is 2.46. The topological polar surface area (TPSA) is 100 Å². The van der Waals surface area contributed by atoms with Crippen LogP contribution in [0.25, 0.3) is 0 Å². The van der Waals surface area contributed by atoms with Gasteiger partial charge in [0.1, 0.15) is 0 Å². The Morgan fingerprint density at radius 1 is 0.696 bits per heavy atom. The van der Waals surface area contributed by atoms with Gasteiger partial charge in [0.2, 0.25) is 0 Å². The van der Waals surface area contributed by atoms with E-state index in [9.17, 15) is 0 Å². The van der Waals surface area contributed by atoms with E-state index in [1.54, 1.807) is 0 Å². The monoisotopic (exact) mass is 384 g/mol. The molecule has 0 spiro atoms. The number of hydrogen-bond acceptors (Lipinski definition) is 7. The average molecular weight is 384 g/mol. The SMILES string of the molecule is CCC[O][Al+][O]CCC.CCC[O][Al+][O]CCC.CP(=O)([O-])[O-]. The predicted molar refractivity (Wildman–Crippen MR) is 90.0 cm³/mol. The molecular weight excluding hydrogens is 353 g/mol. The minimum Gasteiger partial charge on any atom is -0.811 e. The normalized spacial score (nSPS) is 9.70. The van der Waals surface area contributed by atoms with Crippen molar-refractivity contribution in [1.82, 2.24) is 0 Å². The molecule has 0 aliphatic carbocycles. The van der Waals surface area contributed by atoms with Crippen LogP contribution < -0.4 is 9.79 Å². The van der Waals surface area contributed by atoms with Crippen LogP contribution in [0, 0.1) is 0 Å². The molecule has 0 aliphatic heterocycles. The molecule has 23 heavy (non-hydrogen) atoms. The Morgan fingerprint density at radius 3 is 1.00 bits per heavy atom. The van der Waals surface area contributed by atoms with Crippen molar-refractivity contribution in [3.05, 3.63) is 0 Å². The molecule has 0 rings (SSSR count). The van der Waals surface area contributed by atoms with Crippen molar-refractivity contribution in [2.24, 2.45) is 0 Å². The van der Waals surface area contributed by atoms with Gasteiger partial charge < -0.3 is 14.4 Å². The van der Waals surface area contributed by atoms with E-state index < -0.39 is 7.60 Å². The Labute approximate surface area is 155 Å². The van der Waals surface area contributed by atoms with Gasteiger partial charge in [0, 0.05) is 0 Å². The van der Waals surface area contributed by atoms with E-state index in [4.69, 9.17) is 29.5 Å². The first-order valence-electron chi connectivity index (χ1n) is 7.92. The number of rotatable bonds is 12. The van der Waals surface area contributed by atoms with Gasteiger partial charge in [-0.3, -0.25) is 0 Å². The van der Waals surface area contributed by atoms with Crippen LogP contribution in [-0.2, 0) is 19.7 Å². The molecule has 0 saturated carbocycles. The first-order chi connectivity index (χ1) is 10.8. The standard InChI is InChI=1S/4C3H7O.CH5O3P.2Al/c4*1-2-3-4;1-5(2,3)4;;/h4*2-3H2,1H3;1H3,(H2,2,3,4);;/q4*-1;;2*+3/p-2. The Kier molecular flexibility index (Phi) is 31.7. The molecule has 0 aromatic heterocycles. The van der Waals surface area contributed by atoms with Gasteiger partial charge in [0.25, 0.3) is 0 Å². The summed E-state index contributed by atoms with van der Waals surface area (Å²) in [6.45, 7) is 12.4. The zero-order valence-electron chi connectivity index (χ0n) is 15.1. The summed E-state index contributed by atoms with van der Waals surface area (Å²) < 4.78 is 29.7. The summed E-state index contributed by atoms with van der Waals surface area (Å²) in [7, 11) is -4.14. The van der Waals surface area contributed by atoms with Crippen molar-refractivity contribution in [3.63, 3.8) is 0 Å². The minimum absolute atomic E-state index is 0.182. The Hall–Kier alpha value is 1.05. The molecule has 0 saturated heterocycles. The third kappa shape index (κ3) is 60.0. The van der Waals surface area contributed by atoms with Gasteiger partial charge in [-0.1, -0.05) is 7.60 Å². The van der Waals surface area contributed by atoms with Crippen LogP contribution in [0.2, 0.25) is 0 Å². The second kappa shape index (κ2) is 25.3. The Bertz CT molecular complexity index is 208. The molecule has 0 aliphatic rings. The molecule has 0 N–H and O–H groups in total. The van der Waals surface area contributed by atoms with E-state index in [0.717, 1.165) is 52.1 Å². The van der Waals surface area contributed by atoms with Crippen LogP contribution in [0.1, 0.15) is 53.4 Å². The van der Waals surface area contributed by atoms with E-state index in [-0.39, 0.29) is 31.8 Å². The molecule has 0 bridgehead atoms. The van der Waals surface area contributed by atoms with Crippen LogP contribution in [0.3, 0.4) is 0 Å². The zero-order valence-corrected chi connectivity index (χ0v) is 18.3. The molecule has 0 aromatic carbocycles. The molecule has 7 nitrogen and oxygen atoms in total. The van der Waals surface area contributed by atoms with Gasteiger partial charge >= 0.3 is 127 Å². The predicted octanol–water partition coefficient (Wildman–Crippen LogP) is 1.28. The first-order valence-corrected chi connectivity index (χ1v) is 11.8. The molecule has 0 heterocycles. The second-order valence-corrected chi connectivity index (χ2v) is 7.71. The third-order valence-corrected chi connectivity index (χ3v) is 3.05. The van der Waals surface area contributed by atoms with Gasteiger partial charge in [-0.15, -0.1) is 0 Å². The minimum atomic E-state index is -4.14. The Morgan fingerprint density at radius 2 is 0.870 bits per heavy atom. The van der Waals surface area contributed by atoms with Crippen LogP contribution in [-0.4, -0.2) is 64.9 Å². The van der Waals surface area contributed by atoms with Gasteiger partial charge in [0.15, 0.2) is 0 Å². The van der Waals surface area contributed by atoms with Crippen molar-refractivity contribution in [2.75, 3.05) is 33.1 Å². The van der Waals surface area contributed by atoms with Gasteiger partial charge in [-0.2, -0.15) is 0 Å². The van der Waals surface area contributed by atoms with Crippen LogP contribution in [0.4, 0.5) is 0 Å². The second-order valence-electron chi connectivity index (χ2n) is 4.45. The van der Waals surface area contributed by atoms with Crippen LogP contribution in [0.15, 0.2) is 0 Å². The number of hydrogen-bond donors (Lipinski definition) is 0. The molecule has 0 aromatic rings. The Balaban J connectivity index is -0.000000273. The molecule has 136 valence electrons. The largest absolute Gasteiger partial charge is 0.811 e. The fourth-order valence-corrected chi connectivity index (χ4v) is 2.28. The van der Waals surface area contributed by atoms with E-state index in [1.807, 2.05) is 0 Å². The summed E-state index contributed by atoms with van der Waals surface area (Å²) in [6.07, 6.45) is 4.34. The van der Waals surface area contributed by atoms with E-state index >= 15 is 0 Å². The van der Waals surface area contributed by atoms with Crippen molar-refractivity contribution in [2.45, 2.75) is 53.4 Å². The molecule has 0 atom stereocenters. The summed E-state index contributed by atoms with van der Waals surface area (Å²) in [6, 6.07) is 0. The molecule has 0 fully saturated rings. The van der Waals surface area contributed by atoms with Crippen molar-refractivity contribution in [3.8, 4) is 0 Å². The maximum atomic E-state index is 9.10. The third-order valence-electron chi connectivity index (χ3n) is 1.56. The van der Waals surface area contributed by atoms with Crippen molar-refractivity contribution >= 4 is 39.4 Å². The smallest absolute Gasteiger partial charge is 0.0369 e. The molecule has 0 radical (unpaired) electrons. The van der Waals surface area contributed by atoms with E-state index in [0.29, 0.717) is 6.66 Å². The molecular formula is C13H31Al2O7P.